The summed E-state index contributed by atoms with van der Waals surface area (Å²) in [4.78, 5) is 72.7. The van der Waals surface area contributed by atoms with E-state index in [0.717, 1.165) is 108 Å². The molecule has 0 amide bonds. The van der Waals surface area contributed by atoms with Crippen LogP contribution in [0.3, 0.4) is 0 Å². The lowest BCUT2D eigenvalue weighted by Crippen LogP contribution is -2.30. The summed E-state index contributed by atoms with van der Waals surface area (Å²) in [5.41, 5.74) is 0. The van der Waals surface area contributed by atoms with E-state index in [0.29, 0.717) is 31.6 Å². The molecule has 0 heterocycles. The van der Waals surface area contributed by atoms with E-state index in [2.05, 4.69) is 48.5 Å². The number of esters is 4. The number of phosphoric acid groups is 2. The van der Waals surface area contributed by atoms with Gasteiger partial charge in [0, 0.05) is 25.7 Å². The Hall–Kier alpha value is -1.94. The van der Waals surface area contributed by atoms with E-state index >= 15 is 0 Å². The van der Waals surface area contributed by atoms with Crippen LogP contribution in [0.2, 0.25) is 0 Å². The molecule has 0 aliphatic rings. The lowest BCUT2D eigenvalue weighted by atomic mass is 10.00. The Morgan fingerprint density at radius 2 is 0.543 bits per heavy atom. The summed E-state index contributed by atoms with van der Waals surface area (Å²) in [7, 11) is -9.91. The van der Waals surface area contributed by atoms with Crippen molar-refractivity contribution in [1.82, 2.24) is 0 Å². The molecule has 19 heteroatoms. The van der Waals surface area contributed by atoms with E-state index in [1.807, 2.05) is 0 Å². The van der Waals surface area contributed by atoms with Crippen LogP contribution < -0.4 is 0 Å². The topological polar surface area (TPSA) is 237 Å². The van der Waals surface area contributed by atoms with Crippen molar-refractivity contribution in [2.45, 2.75) is 401 Å². The van der Waals surface area contributed by atoms with Gasteiger partial charge in [-0.05, 0) is 43.4 Å². The number of carbonyl (C=O) groups is 4. The molecule has 94 heavy (non-hydrogen) atoms. The zero-order valence-electron chi connectivity index (χ0n) is 61.4. The second kappa shape index (κ2) is 65.7. The molecular weight excluding hydrogens is 1230 g/mol. The normalized spacial score (nSPS) is 14.4. The molecule has 0 saturated carbocycles. The predicted octanol–water partition coefficient (Wildman–Crippen LogP) is 21.8. The number of carbonyl (C=O) groups excluding carboxylic acids is 4. The fraction of sp³-hybridized carbons (Fsp3) is 0.947. The third kappa shape index (κ3) is 67.3. The molecule has 3 unspecified atom stereocenters. The van der Waals surface area contributed by atoms with Gasteiger partial charge in [0.15, 0.2) is 12.2 Å². The highest BCUT2D eigenvalue weighted by molar-refractivity contribution is 7.47. The maximum Gasteiger partial charge on any atom is 0.472 e. The molecule has 0 aliphatic heterocycles. The number of aliphatic hydroxyl groups is 1. The van der Waals surface area contributed by atoms with Crippen LogP contribution in [0.25, 0.3) is 0 Å². The molecule has 0 aromatic carbocycles. The minimum absolute atomic E-state index is 0.102. The number of aliphatic hydroxyl groups excluding tert-OH is 1. The second-order valence-corrected chi connectivity index (χ2v) is 31.1. The van der Waals surface area contributed by atoms with Gasteiger partial charge < -0.3 is 33.8 Å². The molecule has 17 nitrogen and oxygen atoms in total. The molecule has 6 atom stereocenters. The van der Waals surface area contributed by atoms with Crippen LogP contribution in [0.4, 0.5) is 0 Å². The SMILES string of the molecule is CCCCCCCCCCCCCCCCCCCCCCCCC(=O)O[C@H](COC(=O)CCCCCCCCCCCC(C)C)COP(=O)(O)OC[C@@H](O)COP(=O)(O)OC[C@@H](COC(=O)CCCCCCCCC(C)CC)OC(=O)CCCCCCCCCC(C)C. The monoisotopic (exact) mass is 1380 g/mol. The zero-order chi connectivity index (χ0) is 69.4. The maximum atomic E-state index is 13.1. The van der Waals surface area contributed by atoms with E-state index in [1.54, 1.807) is 0 Å². The highest BCUT2D eigenvalue weighted by atomic mass is 31.2. The predicted molar refractivity (Wildman–Crippen MR) is 381 cm³/mol. The summed E-state index contributed by atoms with van der Waals surface area (Å²) in [6.07, 6.45) is 51.8. The van der Waals surface area contributed by atoms with Gasteiger partial charge in [0.05, 0.1) is 26.4 Å². The Kier molecular flexibility index (Phi) is 64.3. The Labute approximate surface area is 575 Å². The first-order valence-corrected chi connectivity index (χ1v) is 41.9. The number of rotatable bonds is 73. The summed E-state index contributed by atoms with van der Waals surface area (Å²) in [6.45, 7) is 11.8. The number of hydrogen-bond acceptors (Lipinski definition) is 15. The Bertz CT molecular complexity index is 1840. The highest BCUT2D eigenvalue weighted by Gasteiger charge is 2.30. The van der Waals surface area contributed by atoms with Gasteiger partial charge in [-0.1, -0.05) is 331 Å². The van der Waals surface area contributed by atoms with Crippen molar-refractivity contribution in [1.29, 1.82) is 0 Å². The lowest BCUT2D eigenvalue weighted by molar-refractivity contribution is -0.161. The summed E-state index contributed by atoms with van der Waals surface area (Å²) >= 11 is 0. The quantitative estimate of drug-likeness (QED) is 0.0222. The molecule has 0 saturated heterocycles. The van der Waals surface area contributed by atoms with Gasteiger partial charge in [-0.25, -0.2) is 9.13 Å². The van der Waals surface area contributed by atoms with E-state index in [-0.39, 0.29) is 25.7 Å². The van der Waals surface area contributed by atoms with Crippen LogP contribution >= 0.6 is 15.6 Å². The average Bonchev–Trinajstić information content (AvgIpc) is 2.56. The van der Waals surface area contributed by atoms with Crippen molar-refractivity contribution < 1.29 is 80.2 Å². The third-order valence-electron chi connectivity index (χ3n) is 17.7. The average molecular weight is 1380 g/mol. The molecule has 0 fully saturated rings. The van der Waals surface area contributed by atoms with Crippen LogP contribution in [0.15, 0.2) is 0 Å². The van der Waals surface area contributed by atoms with E-state index in [4.69, 9.17) is 37.0 Å². The van der Waals surface area contributed by atoms with Gasteiger partial charge in [-0.3, -0.25) is 37.3 Å². The van der Waals surface area contributed by atoms with Crippen LogP contribution in [0.1, 0.15) is 382 Å². The largest absolute Gasteiger partial charge is 0.472 e. The second-order valence-electron chi connectivity index (χ2n) is 28.2. The minimum Gasteiger partial charge on any atom is -0.462 e. The minimum atomic E-state index is -4.96. The molecule has 558 valence electrons. The van der Waals surface area contributed by atoms with Gasteiger partial charge >= 0.3 is 39.5 Å². The van der Waals surface area contributed by atoms with Gasteiger partial charge in [0.1, 0.15) is 19.3 Å². The van der Waals surface area contributed by atoms with Gasteiger partial charge in [0.2, 0.25) is 0 Å². The van der Waals surface area contributed by atoms with Crippen LogP contribution in [-0.4, -0.2) is 96.7 Å². The lowest BCUT2D eigenvalue weighted by Gasteiger charge is -2.21. The zero-order valence-corrected chi connectivity index (χ0v) is 63.2. The number of phosphoric ester groups is 2. The van der Waals surface area contributed by atoms with Crippen LogP contribution in [-0.2, 0) is 65.4 Å². The molecule has 0 aromatic rings. The first-order chi connectivity index (χ1) is 45.3. The first kappa shape index (κ1) is 92.1. The van der Waals surface area contributed by atoms with E-state index in [9.17, 15) is 43.2 Å². The summed E-state index contributed by atoms with van der Waals surface area (Å²) in [5, 5.41) is 10.6. The highest BCUT2D eigenvalue weighted by Crippen LogP contribution is 2.45. The summed E-state index contributed by atoms with van der Waals surface area (Å²) in [5.74, 6) is 0.0442. The molecule has 0 aliphatic carbocycles. The first-order valence-electron chi connectivity index (χ1n) is 38.9. The van der Waals surface area contributed by atoms with Gasteiger partial charge in [-0.15, -0.1) is 0 Å². The van der Waals surface area contributed by atoms with Crippen molar-refractivity contribution in [3.8, 4) is 0 Å². The number of hydrogen-bond donors (Lipinski definition) is 3. The smallest absolute Gasteiger partial charge is 0.462 e. The van der Waals surface area contributed by atoms with Crippen LogP contribution in [0, 0.1) is 17.8 Å². The number of unbranched alkanes of at least 4 members (excludes halogenated alkanes) is 40. The van der Waals surface area contributed by atoms with Crippen molar-refractivity contribution >= 4 is 39.5 Å². The molecule has 0 radical (unpaired) electrons. The Morgan fingerprint density at radius 3 is 0.809 bits per heavy atom. The molecule has 3 N–H and O–H groups in total. The van der Waals surface area contributed by atoms with Gasteiger partial charge in [0.25, 0.3) is 0 Å². The molecule has 0 rings (SSSR count). The number of ether oxygens (including phenoxy) is 4. The van der Waals surface area contributed by atoms with Crippen molar-refractivity contribution in [3.63, 3.8) is 0 Å². The van der Waals surface area contributed by atoms with Crippen molar-refractivity contribution in [3.05, 3.63) is 0 Å². The fourth-order valence-corrected chi connectivity index (χ4v) is 13.0. The molecule has 0 aromatic heterocycles. The molecule has 0 bridgehead atoms. The van der Waals surface area contributed by atoms with E-state index in [1.165, 1.54) is 186 Å². The van der Waals surface area contributed by atoms with Gasteiger partial charge in [-0.2, -0.15) is 0 Å². The van der Waals surface area contributed by atoms with E-state index < -0.39 is 97.5 Å². The van der Waals surface area contributed by atoms with Crippen molar-refractivity contribution in [2.24, 2.45) is 17.8 Å². The molecule has 0 spiro atoms. The Morgan fingerprint density at radius 1 is 0.309 bits per heavy atom. The summed E-state index contributed by atoms with van der Waals surface area (Å²) < 4.78 is 68.4. The summed E-state index contributed by atoms with van der Waals surface area (Å²) in [6, 6.07) is 0. The van der Waals surface area contributed by atoms with Crippen molar-refractivity contribution in [2.75, 3.05) is 39.6 Å². The fourth-order valence-electron chi connectivity index (χ4n) is 11.4. The van der Waals surface area contributed by atoms with Crippen LogP contribution in [0.5, 0.6) is 0 Å². The maximum absolute atomic E-state index is 13.1. The third-order valence-corrected chi connectivity index (χ3v) is 19.6. The Balaban J connectivity index is 5.17. The molecular formula is C75H146O17P2. The standard InChI is InChI=1S/C75H146O17P2/c1-8-10-11-12-13-14-15-16-17-18-19-20-21-22-23-24-25-26-29-35-44-51-58-74(79)91-70(62-85-72(77)56-49-42-34-30-27-28-32-39-46-53-66(3)4)64-89-93(81,82)87-60-69(76)61-88-94(83,84)90-65-71(92-75(80)59-52-45-36-31-33-40-47-54-67(5)6)63-86-73(78)57-50-43-38-37-41-48-55-68(7)9-2/h66-71,76H,8-65H2,1-7H3,(H,81,82)(H,83,84)/t68?,69-,70-,71-/m1/s1.